The third-order valence-corrected chi connectivity index (χ3v) is 3.38. The molecule has 1 aromatic carbocycles. The molecule has 19 heavy (non-hydrogen) atoms. The molecular formula is C17H24N2. The fourth-order valence-corrected chi connectivity index (χ4v) is 2.40. The van der Waals surface area contributed by atoms with E-state index in [4.69, 9.17) is 5.73 Å². The molecule has 1 saturated carbocycles. The molecule has 2 rings (SSSR count). The maximum Gasteiger partial charge on any atom is 0.0555 e. The van der Waals surface area contributed by atoms with E-state index in [2.05, 4.69) is 48.8 Å². The van der Waals surface area contributed by atoms with E-state index in [1.165, 1.54) is 24.9 Å². The Kier molecular flexibility index (Phi) is 5.01. The van der Waals surface area contributed by atoms with Gasteiger partial charge in [0.25, 0.3) is 0 Å². The van der Waals surface area contributed by atoms with Crippen LogP contribution >= 0.6 is 0 Å². The van der Waals surface area contributed by atoms with Crippen molar-refractivity contribution in [1.29, 1.82) is 0 Å². The second kappa shape index (κ2) is 6.75. The van der Waals surface area contributed by atoms with E-state index in [0.29, 0.717) is 12.5 Å². The molecule has 0 amide bonds. The summed E-state index contributed by atoms with van der Waals surface area (Å²) < 4.78 is 0. The van der Waals surface area contributed by atoms with Gasteiger partial charge in [0.05, 0.1) is 6.54 Å². The van der Waals surface area contributed by atoms with Gasteiger partial charge in [-0.3, -0.25) is 4.90 Å². The molecule has 102 valence electrons. The van der Waals surface area contributed by atoms with E-state index < -0.39 is 0 Å². The lowest BCUT2D eigenvalue weighted by atomic mass is 10.1. The van der Waals surface area contributed by atoms with Gasteiger partial charge in [-0.25, -0.2) is 0 Å². The number of benzene rings is 1. The van der Waals surface area contributed by atoms with Crippen LogP contribution in [0.25, 0.3) is 0 Å². The molecule has 2 nitrogen and oxygen atoms in total. The Bertz CT molecular complexity index is 464. The lowest BCUT2D eigenvalue weighted by Gasteiger charge is -2.24. The Balaban J connectivity index is 2.11. The van der Waals surface area contributed by atoms with Gasteiger partial charge < -0.3 is 5.73 Å². The van der Waals surface area contributed by atoms with Gasteiger partial charge >= 0.3 is 0 Å². The highest BCUT2D eigenvalue weighted by Gasteiger charge is 2.29. The smallest absolute Gasteiger partial charge is 0.0555 e. The monoisotopic (exact) mass is 256 g/mol. The SMILES string of the molecule is CC(C)CN(Cc1ccccc1C#CCN)C1CC1. The molecule has 0 heterocycles. The lowest BCUT2D eigenvalue weighted by Crippen LogP contribution is -2.29. The highest BCUT2D eigenvalue weighted by Crippen LogP contribution is 2.29. The molecular weight excluding hydrogens is 232 g/mol. The first kappa shape index (κ1) is 14.1. The first-order chi connectivity index (χ1) is 9.20. The Morgan fingerprint density at radius 1 is 1.32 bits per heavy atom. The molecule has 0 radical (unpaired) electrons. The van der Waals surface area contributed by atoms with Crippen LogP contribution in [0.2, 0.25) is 0 Å². The van der Waals surface area contributed by atoms with Crippen LogP contribution in [0.5, 0.6) is 0 Å². The molecule has 0 spiro atoms. The number of rotatable bonds is 5. The van der Waals surface area contributed by atoms with Crippen LogP contribution in [0.15, 0.2) is 24.3 Å². The van der Waals surface area contributed by atoms with Gasteiger partial charge in [-0.15, -0.1) is 0 Å². The van der Waals surface area contributed by atoms with Crippen LogP contribution in [-0.4, -0.2) is 24.0 Å². The maximum absolute atomic E-state index is 5.47. The molecule has 0 bridgehead atoms. The maximum atomic E-state index is 5.47. The summed E-state index contributed by atoms with van der Waals surface area (Å²) in [6, 6.07) is 9.23. The molecule has 1 aliphatic rings. The van der Waals surface area contributed by atoms with Gasteiger partial charge in [-0.1, -0.05) is 43.9 Å². The molecule has 0 unspecified atom stereocenters. The Morgan fingerprint density at radius 3 is 2.68 bits per heavy atom. The molecule has 1 aliphatic carbocycles. The predicted molar refractivity (Wildman–Crippen MR) is 80.6 cm³/mol. The van der Waals surface area contributed by atoms with Crippen LogP contribution in [0.4, 0.5) is 0 Å². The minimum atomic E-state index is 0.423. The number of hydrogen-bond acceptors (Lipinski definition) is 2. The van der Waals surface area contributed by atoms with Gasteiger partial charge in [-0.05, 0) is 30.4 Å². The summed E-state index contributed by atoms with van der Waals surface area (Å²) in [5.74, 6) is 6.86. The number of nitrogens with two attached hydrogens (primary N) is 1. The van der Waals surface area contributed by atoms with Gasteiger partial charge in [-0.2, -0.15) is 0 Å². The molecule has 0 aromatic heterocycles. The van der Waals surface area contributed by atoms with E-state index in [-0.39, 0.29) is 0 Å². The molecule has 0 saturated heterocycles. The number of hydrogen-bond donors (Lipinski definition) is 1. The molecule has 0 aliphatic heterocycles. The summed E-state index contributed by atoms with van der Waals surface area (Å²) in [5.41, 5.74) is 7.92. The van der Waals surface area contributed by atoms with E-state index in [1.807, 2.05) is 6.07 Å². The van der Waals surface area contributed by atoms with Crippen LogP contribution in [0.1, 0.15) is 37.8 Å². The minimum Gasteiger partial charge on any atom is -0.320 e. The second-order valence-electron chi connectivity index (χ2n) is 5.72. The van der Waals surface area contributed by atoms with Crippen molar-refractivity contribution in [3.63, 3.8) is 0 Å². The zero-order chi connectivity index (χ0) is 13.7. The van der Waals surface area contributed by atoms with Crippen molar-refractivity contribution in [2.45, 2.75) is 39.3 Å². The van der Waals surface area contributed by atoms with Crippen molar-refractivity contribution in [3.8, 4) is 11.8 Å². The van der Waals surface area contributed by atoms with E-state index >= 15 is 0 Å². The summed E-state index contributed by atoms with van der Waals surface area (Å²) in [7, 11) is 0. The molecule has 2 N–H and O–H groups in total. The average Bonchev–Trinajstić information content (AvgIpc) is 3.20. The van der Waals surface area contributed by atoms with Crippen molar-refractivity contribution in [2.24, 2.45) is 11.7 Å². The fourth-order valence-electron chi connectivity index (χ4n) is 2.40. The van der Waals surface area contributed by atoms with E-state index in [0.717, 1.165) is 18.2 Å². The van der Waals surface area contributed by atoms with Gasteiger partial charge in [0.1, 0.15) is 0 Å². The molecule has 2 heteroatoms. The van der Waals surface area contributed by atoms with Gasteiger partial charge in [0.15, 0.2) is 0 Å². The number of nitrogens with zero attached hydrogens (tertiary/aromatic N) is 1. The van der Waals surface area contributed by atoms with Crippen molar-refractivity contribution in [1.82, 2.24) is 4.90 Å². The zero-order valence-corrected chi connectivity index (χ0v) is 12.0. The Labute approximate surface area is 117 Å². The fraction of sp³-hybridized carbons (Fsp3) is 0.529. The molecule has 0 atom stereocenters. The average molecular weight is 256 g/mol. The van der Waals surface area contributed by atoms with Crippen LogP contribution in [-0.2, 0) is 6.54 Å². The first-order valence-electron chi connectivity index (χ1n) is 7.21. The minimum absolute atomic E-state index is 0.423. The predicted octanol–water partition coefficient (Wildman–Crippen LogP) is 2.62. The third-order valence-electron chi connectivity index (χ3n) is 3.38. The van der Waals surface area contributed by atoms with Gasteiger partial charge in [0, 0.05) is 24.7 Å². The lowest BCUT2D eigenvalue weighted by molar-refractivity contribution is 0.226. The van der Waals surface area contributed by atoms with Crippen LogP contribution in [0.3, 0.4) is 0 Å². The van der Waals surface area contributed by atoms with E-state index in [9.17, 15) is 0 Å². The third kappa shape index (κ3) is 4.38. The van der Waals surface area contributed by atoms with Crippen LogP contribution < -0.4 is 5.73 Å². The van der Waals surface area contributed by atoms with Gasteiger partial charge in [0.2, 0.25) is 0 Å². The summed E-state index contributed by atoms with van der Waals surface area (Å²) >= 11 is 0. The Hall–Kier alpha value is -1.30. The zero-order valence-electron chi connectivity index (χ0n) is 12.0. The summed E-state index contributed by atoms with van der Waals surface area (Å²) in [6.45, 7) is 7.18. The summed E-state index contributed by atoms with van der Waals surface area (Å²) in [6.07, 6.45) is 2.70. The highest BCUT2D eigenvalue weighted by atomic mass is 15.2. The van der Waals surface area contributed by atoms with Crippen molar-refractivity contribution in [2.75, 3.05) is 13.1 Å². The highest BCUT2D eigenvalue weighted by molar-refractivity contribution is 5.41. The normalized spacial score (nSPS) is 14.6. The summed E-state index contributed by atoms with van der Waals surface area (Å²) in [5, 5.41) is 0. The quantitative estimate of drug-likeness (QED) is 0.821. The largest absolute Gasteiger partial charge is 0.320 e. The van der Waals surface area contributed by atoms with Crippen molar-refractivity contribution < 1.29 is 0 Å². The van der Waals surface area contributed by atoms with Crippen molar-refractivity contribution in [3.05, 3.63) is 35.4 Å². The van der Waals surface area contributed by atoms with E-state index in [1.54, 1.807) is 0 Å². The standard InChI is InChI=1S/C17H24N2/c1-14(2)12-19(17-9-10-17)13-16-7-4-3-6-15(16)8-5-11-18/h3-4,6-7,14,17H,9-13,18H2,1-2H3. The first-order valence-corrected chi connectivity index (χ1v) is 7.21. The molecule has 1 fully saturated rings. The van der Waals surface area contributed by atoms with Crippen molar-refractivity contribution >= 4 is 0 Å². The summed E-state index contributed by atoms with van der Waals surface area (Å²) in [4.78, 5) is 2.60. The van der Waals surface area contributed by atoms with Crippen LogP contribution in [0, 0.1) is 17.8 Å². The topological polar surface area (TPSA) is 29.3 Å². The Morgan fingerprint density at radius 2 is 2.05 bits per heavy atom. The molecule has 1 aromatic rings. The second-order valence-corrected chi connectivity index (χ2v) is 5.72.